The third-order valence-corrected chi connectivity index (χ3v) is 2.99. The van der Waals surface area contributed by atoms with Gasteiger partial charge in [-0.1, -0.05) is 6.07 Å². The van der Waals surface area contributed by atoms with Crippen LogP contribution in [0, 0.1) is 11.3 Å². The second kappa shape index (κ2) is 3.91. The lowest BCUT2D eigenvalue weighted by Gasteiger charge is -1.97. The highest BCUT2D eigenvalue weighted by Gasteiger charge is 2.04. The number of fused-ring (bicyclic) bond motifs is 3. The van der Waals surface area contributed by atoms with Crippen LogP contribution in [0.1, 0.15) is 12.0 Å². The summed E-state index contributed by atoms with van der Waals surface area (Å²) in [7, 11) is 0. The van der Waals surface area contributed by atoms with Gasteiger partial charge in [0.05, 0.1) is 6.07 Å². The number of aromatic nitrogens is 2. The molecule has 0 saturated heterocycles. The predicted molar refractivity (Wildman–Crippen MR) is 67.5 cm³/mol. The van der Waals surface area contributed by atoms with Crippen LogP contribution in [0.15, 0.2) is 36.7 Å². The van der Waals surface area contributed by atoms with E-state index in [2.05, 4.69) is 34.2 Å². The maximum Gasteiger partial charge on any atom is 0.0625 e. The molecule has 0 atom stereocenters. The molecule has 0 saturated carbocycles. The average Bonchev–Trinajstić information content (AvgIpc) is 2.74. The largest absolute Gasteiger partial charge is 0.354 e. The van der Waals surface area contributed by atoms with E-state index in [1.165, 1.54) is 10.9 Å². The van der Waals surface area contributed by atoms with Crippen molar-refractivity contribution in [1.82, 2.24) is 9.97 Å². The fraction of sp³-hybridized carbons (Fsp3) is 0.143. The topological polar surface area (TPSA) is 52.5 Å². The Morgan fingerprint density at radius 1 is 1.18 bits per heavy atom. The van der Waals surface area contributed by atoms with Crippen molar-refractivity contribution >= 4 is 21.8 Å². The highest BCUT2D eigenvalue weighted by Crippen LogP contribution is 2.25. The Hall–Kier alpha value is -2.34. The Morgan fingerprint density at radius 3 is 2.94 bits per heavy atom. The van der Waals surface area contributed by atoms with E-state index in [0.29, 0.717) is 6.42 Å². The van der Waals surface area contributed by atoms with E-state index in [1.54, 1.807) is 6.20 Å². The summed E-state index contributed by atoms with van der Waals surface area (Å²) in [6.45, 7) is 0. The molecule has 0 aliphatic heterocycles. The number of benzene rings is 1. The first-order valence-electron chi connectivity index (χ1n) is 5.60. The van der Waals surface area contributed by atoms with Crippen molar-refractivity contribution in [3.8, 4) is 6.07 Å². The molecule has 3 aromatic rings. The van der Waals surface area contributed by atoms with Gasteiger partial charge in [-0.15, -0.1) is 0 Å². The number of nitriles is 1. The molecule has 2 heterocycles. The first-order valence-corrected chi connectivity index (χ1v) is 5.60. The SMILES string of the molecule is N#CCCc1ccc2[nH]c3ccncc3c2c1. The maximum atomic E-state index is 8.61. The van der Waals surface area contributed by atoms with Gasteiger partial charge in [0.25, 0.3) is 0 Å². The Morgan fingerprint density at radius 2 is 2.06 bits per heavy atom. The Bertz CT molecular complexity index is 719. The average molecular weight is 221 g/mol. The summed E-state index contributed by atoms with van der Waals surface area (Å²) in [5, 5.41) is 10.9. The normalized spacial score (nSPS) is 10.8. The van der Waals surface area contributed by atoms with Crippen molar-refractivity contribution < 1.29 is 0 Å². The molecule has 3 rings (SSSR count). The van der Waals surface area contributed by atoms with Crippen LogP contribution in [0.25, 0.3) is 21.8 Å². The van der Waals surface area contributed by atoms with E-state index in [1.807, 2.05) is 12.3 Å². The minimum absolute atomic E-state index is 0.562. The van der Waals surface area contributed by atoms with Gasteiger partial charge in [0.15, 0.2) is 0 Å². The summed E-state index contributed by atoms with van der Waals surface area (Å²) < 4.78 is 0. The van der Waals surface area contributed by atoms with Crippen LogP contribution in [-0.2, 0) is 6.42 Å². The fourth-order valence-electron chi connectivity index (χ4n) is 2.14. The van der Waals surface area contributed by atoms with Crippen molar-refractivity contribution in [2.24, 2.45) is 0 Å². The number of H-pyrrole nitrogens is 1. The molecular formula is C14H11N3. The molecule has 0 aliphatic carbocycles. The van der Waals surface area contributed by atoms with E-state index in [-0.39, 0.29) is 0 Å². The van der Waals surface area contributed by atoms with Crippen LogP contribution in [0.3, 0.4) is 0 Å². The summed E-state index contributed by atoms with van der Waals surface area (Å²) >= 11 is 0. The van der Waals surface area contributed by atoms with Crippen molar-refractivity contribution in [3.05, 3.63) is 42.2 Å². The predicted octanol–water partition coefficient (Wildman–Crippen LogP) is 3.17. The number of aryl methyl sites for hydroxylation is 1. The first-order chi connectivity index (χ1) is 8.38. The highest BCUT2D eigenvalue weighted by molar-refractivity contribution is 6.06. The monoisotopic (exact) mass is 221 g/mol. The second-order valence-corrected chi connectivity index (χ2v) is 4.08. The number of hydrogen-bond acceptors (Lipinski definition) is 2. The van der Waals surface area contributed by atoms with E-state index < -0.39 is 0 Å². The first kappa shape index (κ1) is 9.86. The summed E-state index contributed by atoms with van der Waals surface area (Å²) in [5.74, 6) is 0. The molecule has 0 aliphatic rings. The molecule has 0 spiro atoms. The van der Waals surface area contributed by atoms with Gasteiger partial charge in [0, 0.05) is 40.6 Å². The smallest absolute Gasteiger partial charge is 0.0625 e. The maximum absolute atomic E-state index is 8.61. The molecule has 0 amide bonds. The molecule has 2 aromatic heterocycles. The molecule has 82 valence electrons. The van der Waals surface area contributed by atoms with E-state index in [4.69, 9.17) is 5.26 Å². The summed E-state index contributed by atoms with van der Waals surface area (Å²) in [6.07, 6.45) is 5.03. The van der Waals surface area contributed by atoms with Gasteiger partial charge < -0.3 is 4.98 Å². The van der Waals surface area contributed by atoms with Crippen LogP contribution in [-0.4, -0.2) is 9.97 Å². The Balaban J connectivity index is 2.20. The van der Waals surface area contributed by atoms with Crippen LogP contribution in [0.5, 0.6) is 0 Å². The van der Waals surface area contributed by atoms with Crippen molar-refractivity contribution in [3.63, 3.8) is 0 Å². The number of nitrogens with zero attached hydrogens (tertiary/aromatic N) is 2. The molecule has 3 nitrogen and oxygen atoms in total. The zero-order chi connectivity index (χ0) is 11.7. The number of aromatic amines is 1. The third kappa shape index (κ3) is 1.64. The molecule has 0 unspecified atom stereocenters. The minimum Gasteiger partial charge on any atom is -0.354 e. The molecule has 17 heavy (non-hydrogen) atoms. The van der Waals surface area contributed by atoms with E-state index in [9.17, 15) is 0 Å². The Kier molecular flexibility index (Phi) is 2.27. The lowest BCUT2D eigenvalue weighted by Crippen LogP contribution is -1.82. The van der Waals surface area contributed by atoms with Crippen LogP contribution in [0.4, 0.5) is 0 Å². The van der Waals surface area contributed by atoms with E-state index >= 15 is 0 Å². The summed E-state index contributed by atoms with van der Waals surface area (Å²) in [5.41, 5.74) is 3.42. The molecular weight excluding hydrogens is 210 g/mol. The van der Waals surface area contributed by atoms with Crippen LogP contribution < -0.4 is 0 Å². The van der Waals surface area contributed by atoms with Gasteiger partial charge in [-0.05, 0) is 30.2 Å². The zero-order valence-electron chi connectivity index (χ0n) is 9.27. The van der Waals surface area contributed by atoms with Crippen molar-refractivity contribution in [2.45, 2.75) is 12.8 Å². The van der Waals surface area contributed by atoms with E-state index in [0.717, 1.165) is 22.8 Å². The van der Waals surface area contributed by atoms with Gasteiger partial charge in [0.1, 0.15) is 0 Å². The fourth-order valence-corrected chi connectivity index (χ4v) is 2.14. The number of pyridine rings is 1. The lowest BCUT2D eigenvalue weighted by molar-refractivity contribution is 1.01. The second-order valence-electron chi connectivity index (χ2n) is 4.08. The molecule has 1 aromatic carbocycles. The minimum atomic E-state index is 0.562. The van der Waals surface area contributed by atoms with Gasteiger partial charge in [-0.25, -0.2) is 0 Å². The number of nitrogens with one attached hydrogen (secondary N) is 1. The standard InChI is InChI=1S/C14H11N3/c15-6-1-2-10-3-4-13-11(8-10)12-9-16-7-5-14(12)17-13/h3-5,7-9,17H,1-2H2. The lowest BCUT2D eigenvalue weighted by atomic mass is 10.1. The summed E-state index contributed by atoms with van der Waals surface area (Å²) in [4.78, 5) is 7.51. The Labute approximate surface area is 98.7 Å². The van der Waals surface area contributed by atoms with Crippen LogP contribution in [0.2, 0.25) is 0 Å². The summed E-state index contributed by atoms with van der Waals surface area (Å²) in [6, 6.07) is 10.4. The highest BCUT2D eigenvalue weighted by atomic mass is 14.7. The quantitative estimate of drug-likeness (QED) is 0.722. The number of hydrogen-bond donors (Lipinski definition) is 1. The molecule has 0 radical (unpaired) electrons. The van der Waals surface area contributed by atoms with Crippen molar-refractivity contribution in [1.29, 1.82) is 5.26 Å². The van der Waals surface area contributed by atoms with Gasteiger partial charge >= 0.3 is 0 Å². The molecule has 0 bridgehead atoms. The van der Waals surface area contributed by atoms with Gasteiger partial charge in [0.2, 0.25) is 0 Å². The van der Waals surface area contributed by atoms with Crippen molar-refractivity contribution in [2.75, 3.05) is 0 Å². The van der Waals surface area contributed by atoms with Crippen LogP contribution >= 0.6 is 0 Å². The molecule has 1 N–H and O–H groups in total. The molecule has 3 heteroatoms. The zero-order valence-corrected chi connectivity index (χ0v) is 9.27. The number of rotatable bonds is 2. The third-order valence-electron chi connectivity index (χ3n) is 2.99. The molecule has 0 fully saturated rings. The van der Waals surface area contributed by atoms with Gasteiger partial charge in [-0.3, -0.25) is 4.98 Å². The van der Waals surface area contributed by atoms with Gasteiger partial charge in [-0.2, -0.15) is 5.26 Å².